The van der Waals surface area contributed by atoms with Gasteiger partial charge in [0.1, 0.15) is 0 Å². The van der Waals surface area contributed by atoms with Crippen LogP contribution in [-0.2, 0) is 0 Å². The fourth-order valence-electron chi connectivity index (χ4n) is 7.38. The van der Waals surface area contributed by atoms with Crippen LogP contribution in [0.3, 0.4) is 0 Å². The number of hydrogen-bond acceptors (Lipinski definition) is 2. The van der Waals surface area contributed by atoms with E-state index in [1.165, 1.54) is 95.3 Å². The second-order valence-electron chi connectivity index (χ2n) is 12.0. The molecule has 10 rings (SSSR count). The molecule has 0 fully saturated rings. The van der Waals surface area contributed by atoms with Crippen LogP contribution < -0.4 is 0 Å². The van der Waals surface area contributed by atoms with Gasteiger partial charge in [-0.05, 0) is 91.3 Å². The number of rotatable bonds is 3. The Balaban J connectivity index is 1.17. The van der Waals surface area contributed by atoms with E-state index in [2.05, 4.69) is 158 Å². The molecule has 0 saturated carbocycles. The van der Waals surface area contributed by atoms with Gasteiger partial charge < -0.3 is 0 Å². The third-order valence-electron chi connectivity index (χ3n) is 9.45. The van der Waals surface area contributed by atoms with Crippen LogP contribution in [0.4, 0.5) is 0 Å². The van der Waals surface area contributed by atoms with Gasteiger partial charge in [-0.25, -0.2) is 0 Å². The lowest BCUT2D eigenvalue weighted by Gasteiger charge is -2.18. The summed E-state index contributed by atoms with van der Waals surface area (Å²) < 4.78 is 5.41. The summed E-state index contributed by atoms with van der Waals surface area (Å²) in [5, 5.41) is 10.5. The maximum Gasteiger partial charge on any atom is 0.0362 e. The van der Waals surface area contributed by atoms with Gasteiger partial charge in [-0.15, -0.1) is 22.7 Å². The first-order chi connectivity index (χ1) is 22.8. The van der Waals surface area contributed by atoms with Crippen LogP contribution in [0, 0.1) is 0 Å². The summed E-state index contributed by atoms with van der Waals surface area (Å²) in [6.07, 6.45) is 0. The number of benzene rings is 8. The van der Waals surface area contributed by atoms with Gasteiger partial charge in [-0.3, -0.25) is 0 Å². The summed E-state index contributed by atoms with van der Waals surface area (Å²) in [6, 6.07) is 58.3. The molecule has 0 spiro atoms. The van der Waals surface area contributed by atoms with Gasteiger partial charge in [-0.1, -0.05) is 121 Å². The molecule has 0 N–H and O–H groups in total. The molecule has 0 bridgehead atoms. The largest absolute Gasteiger partial charge is 0.135 e. The Morgan fingerprint density at radius 2 is 0.696 bits per heavy atom. The summed E-state index contributed by atoms with van der Waals surface area (Å²) >= 11 is 3.79. The standard InChI is InChI=1S/C44H26S2/c1-2-11-27(12-3-1)43-32-16-4-6-18-34(32)44(35-19-7-5-17-33(35)43)30-14-10-13-28(23-30)29-21-22-40-36(24-29)38-26-41-37(25-42(38)46-40)31-15-8-9-20-39(31)45-41/h1-26H. The van der Waals surface area contributed by atoms with Crippen molar-refractivity contribution in [3.63, 3.8) is 0 Å². The van der Waals surface area contributed by atoms with Gasteiger partial charge in [0.25, 0.3) is 0 Å². The zero-order valence-electron chi connectivity index (χ0n) is 24.8. The van der Waals surface area contributed by atoms with Gasteiger partial charge in [0.05, 0.1) is 0 Å². The topological polar surface area (TPSA) is 0 Å². The van der Waals surface area contributed by atoms with E-state index in [4.69, 9.17) is 0 Å². The second kappa shape index (κ2) is 10.1. The van der Waals surface area contributed by atoms with Crippen molar-refractivity contribution in [1.82, 2.24) is 0 Å². The highest BCUT2D eigenvalue weighted by atomic mass is 32.1. The van der Waals surface area contributed by atoms with Gasteiger partial charge in [0.2, 0.25) is 0 Å². The molecule has 46 heavy (non-hydrogen) atoms. The Morgan fingerprint density at radius 1 is 0.239 bits per heavy atom. The number of hydrogen-bond donors (Lipinski definition) is 0. The first kappa shape index (κ1) is 26.0. The Hall–Kier alpha value is -5.28. The average Bonchev–Trinajstić information content (AvgIpc) is 3.66. The highest BCUT2D eigenvalue weighted by Gasteiger charge is 2.17. The summed E-state index contributed by atoms with van der Waals surface area (Å²) in [7, 11) is 0. The fourth-order valence-corrected chi connectivity index (χ4v) is 9.62. The molecule has 2 heterocycles. The first-order valence-corrected chi connectivity index (χ1v) is 17.3. The van der Waals surface area contributed by atoms with Crippen molar-refractivity contribution < 1.29 is 0 Å². The quantitative estimate of drug-likeness (QED) is 0.173. The zero-order valence-corrected chi connectivity index (χ0v) is 26.5. The predicted octanol–water partition coefficient (Wildman–Crippen LogP) is 13.7. The van der Waals surface area contributed by atoms with Crippen molar-refractivity contribution >= 4 is 84.6 Å². The molecule has 0 saturated heterocycles. The molecule has 0 amide bonds. The third-order valence-corrected chi connectivity index (χ3v) is 11.7. The minimum absolute atomic E-state index is 1.24. The predicted molar refractivity (Wildman–Crippen MR) is 204 cm³/mol. The van der Waals surface area contributed by atoms with Crippen LogP contribution in [0.2, 0.25) is 0 Å². The number of fused-ring (bicyclic) bond motifs is 8. The molecule has 0 aliphatic heterocycles. The van der Waals surface area contributed by atoms with Crippen molar-refractivity contribution in [3.8, 4) is 33.4 Å². The molecule has 8 aromatic carbocycles. The highest BCUT2D eigenvalue weighted by molar-refractivity contribution is 7.27. The van der Waals surface area contributed by atoms with Crippen LogP contribution in [-0.4, -0.2) is 0 Å². The van der Waals surface area contributed by atoms with Crippen molar-refractivity contribution in [2.24, 2.45) is 0 Å². The molecule has 0 radical (unpaired) electrons. The lowest BCUT2D eigenvalue weighted by Crippen LogP contribution is -1.91. The van der Waals surface area contributed by atoms with Crippen LogP contribution in [0.1, 0.15) is 0 Å². The molecule has 10 aromatic rings. The van der Waals surface area contributed by atoms with E-state index in [0.717, 1.165) is 0 Å². The third kappa shape index (κ3) is 3.91. The van der Waals surface area contributed by atoms with E-state index in [9.17, 15) is 0 Å². The molecule has 2 heteroatoms. The second-order valence-corrected chi connectivity index (χ2v) is 14.2. The van der Waals surface area contributed by atoms with E-state index >= 15 is 0 Å². The van der Waals surface area contributed by atoms with E-state index in [-0.39, 0.29) is 0 Å². The lowest BCUT2D eigenvalue weighted by molar-refractivity contribution is 1.63. The molecular formula is C44H26S2. The summed E-state index contributed by atoms with van der Waals surface area (Å²) in [4.78, 5) is 0. The van der Waals surface area contributed by atoms with Crippen molar-refractivity contribution in [2.75, 3.05) is 0 Å². The molecule has 0 aliphatic carbocycles. The maximum absolute atomic E-state index is 2.42. The van der Waals surface area contributed by atoms with Crippen LogP contribution in [0.5, 0.6) is 0 Å². The highest BCUT2D eigenvalue weighted by Crippen LogP contribution is 2.45. The van der Waals surface area contributed by atoms with E-state index in [0.29, 0.717) is 0 Å². The number of thiophene rings is 2. The minimum atomic E-state index is 1.24. The minimum Gasteiger partial charge on any atom is -0.135 e. The molecule has 0 unspecified atom stereocenters. The van der Waals surface area contributed by atoms with Gasteiger partial charge in [0.15, 0.2) is 0 Å². The van der Waals surface area contributed by atoms with Crippen LogP contribution in [0.15, 0.2) is 158 Å². The summed E-state index contributed by atoms with van der Waals surface area (Å²) in [5.74, 6) is 0. The Labute approximate surface area is 274 Å². The van der Waals surface area contributed by atoms with E-state index in [1.807, 2.05) is 22.7 Å². The Kier molecular flexibility index (Phi) is 5.72. The lowest BCUT2D eigenvalue weighted by atomic mass is 9.85. The molecule has 2 aromatic heterocycles. The van der Waals surface area contributed by atoms with E-state index < -0.39 is 0 Å². The van der Waals surface area contributed by atoms with Crippen LogP contribution >= 0.6 is 22.7 Å². The Morgan fingerprint density at radius 3 is 1.37 bits per heavy atom. The average molecular weight is 619 g/mol. The fraction of sp³-hybridized carbons (Fsp3) is 0. The first-order valence-electron chi connectivity index (χ1n) is 15.7. The monoisotopic (exact) mass is 618 g/mol. The van der Waals surface area contributed by atoms with Gasteiger partial charge in [0, 0.05) is 40.3 Å². The smallest absolute Gasteiger partial charge is 0.0362 e. The van der Waals surface area contributed by atoms with Crippen molar-refractivity contribution in [2.45, 2.75) is 0 Å². The summed E-state index contributed by atoms with van der Waals surface area (Å²) in [5.41, 5.74) is 7.57. The maximum atomic E-state index is 2.42. The molecule has 0 nitrogen and oxygen atoms in total. The van der Waals surface area contributed by atoms with Crippen LogP contribution in [0.25, 0.3) is 95.3 Å². The Bertz CT molecular complexity index is 2740. The molecular weight excluding hydrogens is 593 g/mol. The summed E-state index contributed by atoms with van der Waals surface area (Å²) in [6.45, 7) is 0. The molecule has 0 atom stereocenters. The van der Waals surface area contributed by atoms with Gasteiger partial charge in [-0.2, -0.15) is 0 Å². The van der Waals surface area contributed by atoms with Crippen molar-refractivity contribution in [3.05, 3.63) is 158 Å². The SMILES string of the molecule is c1ccc(-c2c3ccccc3c(-c3cccc(-c4ccc5sc6cc7c(cc6c5c4)sc4ccccc47)c3)c3ccccc23)cc1. The van der Waals surface area contributed by atoms with Gasteiger partial charge >= 0.3 is 0 Å². The van der Waals surface area contributed by atoms with E-state index in [1.54, 1.807) is 0 Å². The molecule has 214 valence electrons. The molecule has 0 aliphatic rings. The normalized spacial score (nSPS) is 11.9. The zero-order chi connectivity index (χ0) is 30.2. The van der Waals surface area contributed by atoms with Crippen molar-refractivity contribution in [1.29, 1.82) is 0 Å².